The molecule has 2 aliphatic carbocycles. The number of rotatable bonds is 4. The standard InChI is InChI=1S/C21H37N5O/c27-21(17-5-3-15(4-6-17)19-22-11-1-12-23-19)26-18-9-7-16(8-10-18)20-24-13-2-14-25-20/h15-18,20,24-25H,1-14H2,(H,22,23)(H,26,27)/p+2. The van der Waals surface area contributed by atoms with Gasteiger partial charge in [0.25, 0.3) is 0 Å². The van der Waals surface area contributed by atoms with Gasteiger partial charge in [0.15, 0.2) is 0 Å². The van der Waals surface area contributed by atoms with Gasteiger partial charge in [0.05, 0.1) is 25.6 Å². The summed E-state index contributed by atoms with van der Waals surface area (Å²) < 4.78 is 0. The minimum atomic E-state index is 0.233. The summed E-state index contributed by atoms with van der Waals surface area (Å²) in [5.74, 6) is 3.29. The molecule has 6 heteroatoms. The number of nitrogens with one attached hydrogen (secondary N) is 4. The molecule has 1 atom stereocenters. The van der Waals surface area contributed by atoms with Crippen molar-refractivity contribution in [2.75, 3.05) is 26.2 Å². The minimum Gasteiger partial charge on any atom is -0.353 e. The van der Waals surface area contributed by atoms with E-state index in [9.17, 15) is 4.79 Å². The van der Waals surface area contributed by atoms with E-state index >= 15 is 0 Å². The van der Waals surface area contributed by atoms with E-state index < -0.39 is 0 Å². The Labute approximate surface area is 163 Å². The summed E-state index contributed by atoms with van der Waals surface area (Å²) in [7, 11) is 0. The molecule has 2 saturated carbocycles. The monoisotopic (exact) mass is 377 g/mol. The number of amides is 1. The first-order valence-electron chi connectivity index (χ1n) is 11.5. The smallest absolute Gasteiger partial charge is 0.245 e. The zero-order valence-electron chi connectivity index (χ0n) is 16.8. The van der Waals surface area contributed by atoms with Gasteiger partial charge < -0.3 is 10.6 Å². The van der Waals surface area contributed by atoms with Gasteiger partial charge in [0, 0.05) is 37.3 Å². The average Bonchev–Trinajstić information content (AvgIpc) is 2.76. The highest BCUT2D eigenvalue weighted by Crippen LogP contribution is 2.30. The number of quaternary nitrogens is 1. The van der Waals surface area contributed by atoms with Crippen LogP contribution in [-0.4, -0.2) is 50.1 Å². The Hall–Kier alpha value is -1.14. The van der Waals surface area contributed by atoms with E-state index in [1.54, 1.807) is 0 Å². The molecule has 3 fully saturated rings. The van der Waals surface area contributed by atoms with Crippen LogP contribution in [0, 0.1) is 17.8 Å². The third kappa shape index (κ3) is 5.02. The van der Waals surface area contributed by atoms with Gasteiger partial charge in [-0.1, -0.05) is 0 Å². The molecule has 2 aliphatic heterocycles. The average molecular weight is 378 g/mol. The Morgan fingerprint density at radius 2 is 1.81 bits per heavy atom. The van der Waals surface area contributed by atoms with Gasteiger partial charge in [-0.15, -0.1) is 0 Å². The van der Waals surface area contributed by atoms with Gasteiger partial charge >= 0.3 is 0 Å². The molecule has 1 unspecified atom stereocenters. The zero-order valence-corrected chi connectivity index (χ0v) is 16.8. The van der Waals surface area contributed by atoms with Gasteiger partial charge in [-0.05, 0) is 51.4 Å². The summed E-state index contributed by atoms with van der Waals surface area (Å²) in [4.78, 5) is 16.3. The first-order valence-corrected chi connectivity index (χ1v) is 11.5. The molecular weight excluding hydrogens is 338 g/mol. The van der Waals surface area contributed by atoms with Crippen LogP contribution in [0.5, 0.6) is 0 Å². The van der Waals surface area contributed by atoms with Gasteiger partial charge in [0.2, 0.25) is 11.7 Å². The van der Waals surface area contributed by atoms with E-state index in [-0.39, 0.29) is 5.92 Å². The highest BCUT2D eigenvalue weighted by molar-refractivity contribution is 5.81. The quantitative estimate of drug-likeness (QED) is 0.428. The second-order valence-electron chi connectivity index (χ2n) is 9.15. The molecule has 0 aromatic heterocycles. The van der Waals surface area contributed by atoms with E-state index in [4.69, 9.17) is 0 Å². The summed E-state index contributed by atoms with van der Waals surface area (Å²) in [6.07, 6.45) is 12.3. The van der Waals surface area contributed by atoms with Crippen molar-refractivity contribution in [3.05, 3.63) is 0 Å². The summed E-state index contributed by atoms with van der Waals surface area (Å²) in [5, 5.41) is 13.1. The van der Waals surface area contributed by atoms with Gasteiger partial charge in [0.1, 0.15) is 6.17 Å². The lowest BCUT2D eigenvalue weighted by Crippen LogP contribution is -2.97. The Balaban J connectivity index is 1.17. The number of carbonyl (C=O) groups excluding carboxylic acids is 1. The highest BCUT2D eigenvalue weighted by Gasteiger charge is 2.34. The molecule has 0 aromatic carbocycles. The molecule has 27 heavy (non-hydrogen) atoms. The molecule has 6 N–H and O–H groups in total. The molecule has 0 aromatic rings. The third-order valence-corrected chi connectivity index (χ3v) is 7.30. The zero-order chi connectivity index (χ0) is 18.5. The maximum absolute atomic E-state index is 12.8. The van der Waals surface area contributed by atoms with Crippen LogP contribution in [-0.2, 0) is 4.79 Å². The summed E-state index contributed by atoms with van der Waals surface area (Å²) in [6, 6.07) is 0.408. The Morgan fingerprint density at radius 1 is 1.00 bits per heavy atom. The molecule has 6 nitrogen and oxygen atoms in total. The van der Waals surface area contributed by atoms with Crippen LogP contribution in [0.15, 0.2) is 0 Å². The predicted octanol–water partition coefficient (Wildman–Crippen LogP) is -1.18. The van der Waals surface area contributed by atoms with Gasteiger partial charge in [-0.25, -0.2) is 0 Å². The first kappa shape index (κ1) is 19.2. The van der Waals surface area contributed by atoms with Crippen molar-refractivity contribution in [2.24, 2.45) is 17.8 Å². The molecule has 4 aliphatic rings. The van der Waals surface area contributed by atoms with Crippen LogP contribution in [0.4, 0.5) is 0 Å². The van der Waals surface area contributed by atoms with Crippen molar-refractivity contribution in [1.29, 1.82) is 0 Å². The Bertz CT molecular complexity index is 515. The fourth-order valence-corrected chi connectivity index (χ4v) is 5.58. The molecular formula is C21H39N5O+2. The molecule has 1 amide bonds. The molecule has 1 saturated heterocycles. The van der Waals surface area contributed by atoms with Crippen LogP contribution >= 0.6 is 0 Å². The lowest BCUT2D eigenvalue weighted by atomic mass is 9.80. The van der Waals surface area contributed by atoms with Crippen LogP contribution in [0.2, 0.25) is 0 Å². The van der Waals surface area contributed by atoms with E-state index in [0.717, 1.165) is 57.5 Å². The number of nitrogens with two attached hydrogens (primary N) is 1. The molecule has 152 valence electrons. The minimum absolute atomic E-state index is 0.233. The number of carbonyl (C=O) groups is 1. The van der Waals surface area contributed by atoms with E-state index in [1.165, 1.54) is 44.6 Å². The van der Waals surface area contributed by atoms with Crippen LogP contribution in [0.3, 0.4) is 0 Å². The van der Waals surface area contributed by atoms with Gasteiger partial charge in [-0.2, -0.15) is 0 Å². The largest absolute Gasteiger partial charge is 0.353 e. The van der Waals surface area contributed by atoms with Gasteiger partial charge in [-0.3, -0.25) is 20.4 Å². The third-order valence-electron chi connectivity index (χ3n) is 7.30. The number of hydrogen-bond acceptors (Lipinski definition) is 3. The molecule has 0 radical (unpaired) electrons. The maximum Gasteiger partial charge on any atom is 0.245 e. The SMILES string of the molecule is O=C(NC1CCC(C2NCCC[NH2+]2)CC1)C1CCC(C2=[NH+]CCCN2)CC1. The van der Waals surface area contributed by atoms with Crippen molar-refractivity contribution in [3.63, 3.8) is 0 Å². The molecule has 0 bridgehead atoms. The maximum atomic E-state index is 12.8. The van der Waals surface area contributed by atoms with E-state index in [2.05, 4.69) is 26.3 Å². The van der Waals surface area contributed by atoms with Crippen LogP contribution in [0.1, 0.15) is 64.2 Å². The van der Waals surface area contributed by atoms with Crippen molar-refractivity contribution >= 4 is 11.7 Å². The second-order valence-corrected chi connectivity index (χ2v) is 9.15. The molecule has 0 spiro atoms. The predicted molar refractivity (Wildman–Crippen MR) is 106 cm³/mol. The molecule has 2 heterocycles. The van der Waals surface area contributed by atoms with Crippen molar-refractivity contribution < 1.29 is 15.1 Å². The summed E-state index contributed by atoms with van der Waals surface area (Å²) in [5.41, 5.74) is 0. The highest BCUT2D eigenvalue weighted by atomic mass is 16.1. The Morgan fingerprint density at radius 3 is 2.48 bits per heavy atom. The van der Waals surface area contributed by atoms with E-state index in [0.29, 0.717) is 24.0 Å². The fraction of sp³-hybridized carbons (Fsp3) is 0.905. The first-order chi connectivity index (χ1) is 13.3. The lowest BCUT2D eigenvalue weighted by Gasteiger charge is -2.35. The fourth-order valence-electron chi connectivity index (χ4n) is 5.58. The Kier molecular flexibility index (Phi) is 6.66. The second kappa shape index (κ2) is 9.37. The van der Waals surface area contributed by atoms with Crippen molar-refractivity contribution in [1.82, 2.24) is 16.0 Å². The van der Waals surface area contributed by atoms with Crippen molar-refractivity contribution in [3.8, 4) is 0 Å². The number of hydrogen-bond donors (Lipinski definition) is 5. The van der Waals surface area contributed by atoms with E-state index in [1.807, 2.05) is 0 Å². The lowest BCUT2D eigenvalue weighted by molar-refractivity contribution is -0.709. The number of amidine groups is 1. The topological polar surface area (TPSA) is 83.7 Å². The molecule has 4 rings (SSSR count). The van der Waals surface area contributed by atoms with Crippen LogP contribution in [0.25, 0.3) is 0 Å². The van der Waals surface area contributed by atoms with Crippen LogP contribution < -0.4 is 26.3 Å². The summed E-state index contributed by atoms with van der Waals surface area (Å²) in [6.45, 7) is 4.63. The van der Waals surface area contributed by atoms with Crippen molar-refractivity contribution in [2.45, 2.75) is 76.4 Å². The summed E-state index contributed by atoms with van der Waals surface area (Å²) >= 11 is 0. The normalized spacial score (nSPS) is 37.8.